The zero-order valence-electron chi connectivity index (χ0n) is 8.84. The highest BCUT2D eigenvalue weighted by Gasteiger charge is 2.53. The van der Waals surface area contributed by atoms with E-state index in [1.807, 2.05) is 20.8 Å². The number of fused-ring (bicyclic) bond motifs is 1. The van der Waals surface area contributed by atoms with Crippen molar-refractivity contribution in [3.8, 4) is 0 Å². The van der Waals surface area contributed by atoms with Crippen LogP contribution in [0.15, 0.2) is 0 Å². The summed E-state index contributed by atoms with van der Waals surface area (Å²) >= 11 is 0. The van der Waals surface area contributed by atoms with E-state index in [2.05, 4.69) is 4.90 Å². The van der Waals surface area contributed by atoms with Crippen LogP contribution >= 0.6 is 0 Å². The zero-order valence-corrected chi connectivity index (χ0v) is 8.84. The molecule has 0 radical (unpaired) electrons. The molecule has 2 unspecified atom stereocenters. The summed E-state index contributed by atoms with van der Waals surface area (Å²) in [5.74, 6) is 0.351. The Morgan fingerprint density at radius 2 is 1.62 bits per heavy atom. The number of hydrogen-bond donors (Lipinski definition) is 0. The van der Waals surface area contributed by atoms with Crippen LogP contribution in [0.5, 0.6) is 0 Å². The number of likely N-dealkylation sites (tertiary alicyclic amines) is 1. The van der Waals surface area contributed by atoms with Crippen molar-refractivity contribution in [2.45, 2.75) is 58.5 Å². The molecule has 1 heterocycles. The molecule has 0 N–H and O–H groups in total. The van der Waals surface area contributed by atoms with Gasteiger partial charge in [-0.05, 0) is 12.8 Å². The van der Waals surface area contributed by atoms with E-state index in [1.165, 1.54) is 25.7 Å². The second-order valence-corrected chi connectivity index (χ2v) is 5.38. The van der Waals surface area contributed by atoms with Crippen LogP contribution in [0.25, 0.3) is 0 Å². The van der Waals surface area contributed by atoms with E-state index in [4.69, 9.17) is 0 Å². The third-order valence-corrected chi connectivity index (χ3v) is 3.19. The number of carbonyl (C=O) groups is 1. The van der Waals surface area contributed by atoms with Crippen LogP contribution < -0.4 is 0 Å². The molecule has 0 spiro atoms. The lowest BCUT2D eigenvalue weighted by Crippen LogP contribution is -2.29. The molecule has 13 heavy (non-hydrogen) atoms. The van der Waals surface area contributed by atoms with Crippen LogP contribution in [0.2, 0.25) is 0 Å². The second kappa shape index (κ2) is 2.73. The maximum absolute atomic E-state index is 11.9. The molecule has 1 aliphatic heterocycles. The van der Waals surface area contributed by atoms with Crippen molar-refractivity contribution in [2.75, 3.05) is 0 Å². The van der Waals surface area contributed by atoms with Gasteiger partial charge in [0.15, 0.2) is 0 Å². The van der Waals surface area contributed by atoms with Gasteiger partial charge in [-0.15, -0.1) is 0 Å². The fourth-order valence-corrected chi connectivity index (χ4v) is 2.39. The maximum Gasteiger partial charge on any atom is 0.228 e. The first kappa shape index (κ1) is 9.04. The van der Waals surface area contributed by atoms with Crippen molar-refractivity contribution >= 4 is 5.91 Å². The van der Waals surface area contributed by atoms with Crippen molar-refractivity contribution in [2.24, 2.45) is 5.41 Å². The molecule has 0 aromatic carbocycles. The molecule has 2 nitrogen and oxygen atoms in total. The molecule has 2 rings (SSSR count). The first-order valence-electron chi connectivity index (χ1n) is 5.34. The van der Waals surface area contributed by atoms with E-state index in [9.17, 15) is 4.79 Å². The zero-order chi connectivity index (χ0) is 9.64. The van der Waals surface area contributed by atoms with Crippen LogP contribution in [-0.2, 0) is 4.79 Å². The van der Waals surface area contributed by atoms with Crippen LogP contribution in [0.4, 0.5) is 0 Å². The number of rotatable bonds is 0. The Morgan fingerprint density at radius 3 is 2.00 bits per heavy atom. The van der Waals surface area contributed by atoms with E-state index in [-0.39, 0.29) is 5.41 Å². The smallest absolute Gasteiger partial charge is 0.228 e. The van der Waals surface area contributed by atoms with Gasteiger partial charge in [-0.3, -0.25) is 4.79 Å². The van der Waals surface area contributed by atoms with Crippen molar-refractivity contribution in [1.82, 2.24) is 4.90 Å². The summed E-state index contributed by atoms with van der Waals surface area (Å²) in [6.07, 6.45) is 5.11. The minimum absolute atomic E-state index is 0.183. The summed E-state index contributed by atoms with van der Waals surface area (Å²) in [6, 6.07) is 1.22. The molecule has 0 bridgehead atoms. The SMILES string of the molecule is CC(C)(C)C(=O)N1C2CCCCC21. The lowest BCUT2D eigenvalue weighted by Gasteiger charge is -2.18. The molecule has 1 aliphatic carbocycles. The predicted molar refractivity (Wildman–Crippen MR) is 52.3 cm³/mol. The average Bonchev–Trinajstić information content (AvgIpc) is 2.75. The van der Waals surface area contributed by atoms with Gasteiger partial charge in [-0.1, -0.05) is 33.6 Å². The lowest BCUT2D eigenvalue weighted by atomic mass is 9.95. The summed E-state index contributed by atoms with van der Waals surface area (Å²) < 4.78 is 0. The Labute approximate surface area is 80.3 Å². The Kier molecular flexibility index (Phi) is 1.90. The molecule has 74 valence electrons. The number of hydrogen-bond acceptors (Lipinski definition) is 1. The summed E-state index contributed by atoms with van der Waals surface area (Å²) in [4.78, 5) is 14.0. The number of carbonyl (C=O) groups excluding carboxylic acids is 1. The fourth-order valence-electron chi connectivity index (χ4n) is 2.39. The van der Waals surface area contributed by atoms with Crippen LogP contribution in [0.3, 0.4) is 0 Å². The third kappa shape index (κ3) is 1.47. The first-order chi connectivity index (χ1) is 6.02. The minimum Gasteiger partial charge on any atom is -0.332 e. The lowest BCUT2D eigenvalue weighted by molar-refractivity contribution is -0.134. The molecule has 1 saturated carbocycles. The highest BCUT2D eigenvalue weighted by molar-refractivity contribution is 5.84. The quantitative estimate of drug-likeness (QED) is 0.524. The van der Waals surface area contributed by atoms with Gasteiger partial charge in [0, 0.05) is 5.41 Å². The normalized spacial score (nSPS) is 32.7. The van der Waals surface area contributed by atoms with E-state index in [0.29, 0.717) is 18.0 Å². The Bertz CT molecular complexity index is 217. The van der Waals surface area contributed by atoms with Gasteiger partial charge >= 0.3 is 0 Å². The molecular formula is C11H19NO. The number of amides is 1. The van der Waals surface area contributed by atoms with Gasteiger partial charge in [0.25, 0.3) is 0 Å². The molecule has 1 saturated heterocycles. The van der Waals surface area contributed by atoms with Gasteiger partial charge in [0.2, 0.25) is 5.91 Å². The highest BCUT2D eigenvalue weighted by atomic mass is 16.2. The second-order valence-electron chi connectivity index (χ2n) is 5.38. The molecular weight excluding hydrogens is 162 g/mol. The monoisotopic (exact) mass is 181 g/mol. The predicted octanol–water partition coefficient (Wildman–Crippen LogP) is 2.19. The van der Waals surface area contributed by atoms with E-state index >= 15 is 0 Å². The van der Waals surface area contributed by atoms with Crippen molar-refractivity contribution < 1.29 is 4.79 Å². The van der Waals surface area contributed by atoms with Crippen molar-refractivity contribution in [1.29, 1.82) is 0 Å². The van der Waals surface area contributed by atoms with E-state index in [1.54, 1.807) is 0 Å². The molecule has 1 amide bonds. The standard InChI is InChI=1S/C11H19NO/c1-11(2,3)10(13)12-8-6-4-5-7-9(8)12/h8-9H,4-7H2,1-3H3. The van der Waals surface area contributed by atoms with E-state index < -0.39 is 0 Å². The fraction of sp³-hybridized carbons (Fsp3) is 0.909. The van der Waals surface area contributed by atoms with Crippen LogP contribution in [-0.4, -0.2) is 22.9 Å². The highest BCUT2D eigenvalue weighted by Crippen LogP contribution is 2.42. The Hall–Kier alpha value is -0.530. The third-order valence-electron chi connectivity index (χ3n) is 3.19. The summed E-state index contributed by atoms with van der Waals surface area (Å²) in [7, 11) is 0. The Balaban J connectivity index is 2.01. The van der Waals surface area contributed by atoms with Crippen LogP contribution in [0.1, 0.15) is 46.5 Å². The summed E-state index contributed by atoms with van der Waals surface area (Å²) in [6.45, 7) is 6.04. The van der Waals surface area contributed by atoms with Gasteiger partial charge in [-0.2, -0.15) is 0 Å². The summed E-state index contributed by atoms with van der Waals surface area (Å²) in [5.41, 5.74) is -0.183. The minimum atomic E-state index is -0.183. The average molecular weight is 181 g/mol. The summed E-state index contributed by atoms with van der Waals surface area (Å²) in [5, 5.41) is 0. The molecule has 2 atom stereocenters. The molecule has 0 aromatic heterocycles. The van der Waals surface area contributed by atoms with Gasteiger partial charge in [0.05, 0.1) is 12.1 Å². The molecule has 2 aliphatic rings. The number of nitrogens with zero attached hydrogens (tertiary/aromatic N) is 1. The van der Waals surface area contributed by atoms with Crippen molar-refractivity contribution in [3.05, 3.63) is 0 Å². The largest absolute Gasteiger partial charge is 0.332 e. The molecule has 0 aromatic rings. The Morgan fingerprint density at radius 1 is 1.15 bits per heavy atom. The molecule has 2 fully saturated rings. The van der Waals surface area contributed by atoms with Gasteiger partial charge < -0.3 is 4.90 Å². The first-order valence-corrected chi connectivity index (χ1v) is 5.34. The molecule has 2 heteroatoms. The van der Waals surface area contributed by atoms with E-state index in [0.717, 1.165) is 0 Å². The van der Waals surface area contributed by atoms with Crippen molar-refractivity contribution in [3.63, 3.8) is 0 Å². The van der Waals surface area contributed by atoms with Gasteiger partial charge in [0.1, 0.15) is 0 Å². The topological polar surface area (TPSA) is 20.1 Å². The maximum atomic E-state index is 11.9. The van der Waals surface area contributed by atoms with Gasteiger partial charge in [-0.25, -0.2) is 0 Å². The van der Waals surface area contributed by atoms with Crippen LogP contribution in [0, 0.1) is 5.41 Å².